The van der Waals surface area contributed by atoms with E-state index in [9.17, 15) is 18.8 Å². The predicted molar refractivity (Wildman–Crippen MR) is 79.6 cm³/mol. The molecule has 2 N–H and O–H groups in total. The summed E-state index contributed by atoms with van der Waals surface area (Å²) in [6, 6.07) is 6.52. The second-order valence-electron chi connectivity index (χ2n) is 5.55. The molecule has 2 aliphatic heterocycles. The molecule has 23 heavy (non-hydrogen) atoms. The summed E-state index contributed by atoms with van der Waals surface area (Å²) in [5, 5.41) is 0. The molecule has 1 aromatic carbocycles. The molecule has 2 heterocycles. The number of nitrogens with one attached hydrogen (secondary N) is 2. The Kier molecular flexibility index (Phi) is 4.14. The number of piperazine rings is 1. The van der Waals surface area contributed by atoms with Gasteiger partial charge in [0.15, 0.2) is 0 Å². The maximum atomic E-state index is 13.8. The van der Waals surface area contributed by atoms with Gasteiger partial charge in [0.2, 0.25) is 5.91 Å². The number of halogens is 1. The van der Waals surface area contributed by atoms with E-state index < -0.39 is 17.7 Å². The maximum absolute atomic E-state index is 13.8. The van der Waals surface area contributed by atoms with Crippen LogP contribution in [0.3, 0.4) is 0 Å². The summed E-state index contributed by atoms with van der Waals surface area (Å²) in [6.07, 6.45) is -0.142. The van der Waals surface area contributed by atoms with Crippen molar-refractivity contribution in [1.29, 1.82) is 0 Å². The topological polar surface area (TPSA) is 81.8 Å². The van der Waals surface area contributed by atoms with Crippen LogP contribution in [0.5, 0.6) is 0 Å². The van der Waals surface area contributed by atoms with Gasteiger partial charge in [-0.25, -0.2) is 4.39 Å². The zero-order valence-electron chi connectivity index (χ0n) is 12.4. The third-order valence-corrected chi connectivity index (χ3v) is 4.15. The number of carbonyl (C=O) groups is 3. The fourth-order valence-corrected chi connectivity index (χ4v) is 2.81. The van der Waals surface area contributed by atoms with E-state index in [1.54, 1.807) is 23.1 Å². The Hall–Kier alpha value is -2.64. The Morgan fingerprint density at radius 1 is 1.09 bits per heavy atom. The summed E-state index contributed by atoms with van der Waals surface area (Å²) >= 11 is 0. The fraction of sp³-hybridized carbons (Fsp3) is 0.400. The van der Waals surface area contributed by atoms with Crippen molar-refractivity contribution in [2.45, 2.75) is 6.42 Å². The van der Waals surface area contributed by atoms with Gasteiger partial charge in [-0.1, -0.05) is 12.1 Å². The Bertz CT molecular complexity index is 627. The molecule has 7 nitrogen and oxygen atoms in total. The van der Waals surface area contributed by atoms with Gasteiger partial charge in [0.05, 0.1) is 5.69 Å². The lowest BCUT2D eigenvalue weighted by molar-refractivity contribution is -0.138. The van der Waals surface area contributed by atoms with Crippen LogP contribution in [0.4, 0.5) is 10.1 Å². The summed E-state index contributed by atoms with van der Waals surface area (Å²) in [7, 11) is 0. The van der Waals surface area contributed by atoms with E-state index in [1.807, 2.05) is 4.90 Å². The molecule has 2 aliphatic rings. The Balaban J connectivity index is 1.56. The Morgan fingerprint density at radius 2 is 1.70 bits per heavy atom. The summed E-state index contributed by atoms with van der Waals surface area (Å²) in [4.78, 5) is 38.6. The van der Waals surface area contributed by atoms with Crippen molar-refractivity contribution < 1.29 is 18.8 Å². The molecule has 8 heteroatoms. The van der Waals surface area contributed by atoms with Crippen molar-refractivity contribution in [2.75, 3.05) is 31.1 Å². The average molecular weight is 320 g/mol. The first-order valence-electron chi connectivity index (χ1n) is 7.43. The molecular weight excluding hydrogens is 303 g/mol. The van der Waals surface area contributed by atoms with Crippen molar-refractivity contribution in [1.82, 2.24) is 15.8 Å². The number of amides is 3. The highest BCUT2D eigenvalue weighted by Gasteiger charge is 2.36. The first kappa shape index (κ1) is 15.3. The molecule has 1 aromatic rings. The summed E-state index contributed by atoms with van der Waals surface area (Å²) in [5.41, 5.74) is 4.93. The number of anilines is 1. The van der Waals surface area contributed by atoms with E-state index in [0.29, 0.717) is 31.9 Å². The number of para-hydroxylation sites is 1. The van der Waals surface area contributed by atoms with Crippen LogP contribution in [0.1, 0.15) is 6.42 Å². The minimum absolute atomic E-state index is 0.142. The second kappa shape index (κ2) is 6.23. The zero-order valence-corrected chi connectivity index (χ0v) is 12.4. The van der Waals surface area contributed by atoms with Crippen molar-refractivity contribution in [3.05, 3.63) is 30.1 Å². The Labute approximate surface area is 132 Å². The van der Waals surface area contributed by atoms with E-state index in [-0.39, 0.29) is 18.1 Å². The van der Waals surface area contributed by atoms with Crippen LogP contribution in [-0.2, 0) is 14.4 Å². The minimum Gasteiger partial charge on any atom is -0.366 e. The monoisotopic (exact) mass is 320 g/mol. The zero-order chi connectivity index (χ0) is 16.4. The lowest BCUT2D eigenvalue weighted by Gasteiger charge is -2.36. The van der Waals surface area contributed by atoms with Crippen molar-refractivity contribution in [2.24, 2.45) is 5.92 Å². The number of nitrogens with zero attached hydrogens (tertiary/aromatic N) is 2. The van der Waals surface area contributed by atoms with Crippen LogP contribution in [0.15, 0.2) is 24.3 Å². The normalized spacial score (nSPS) is 18.8. The maximum Gasteiger partial charge on any atom is 0.251 e. The third-order valence-electron chi connectivity index (χ3n) is 4.15. The van der Waals surface area contributed by atoms with Gasteiger partial charge in [-0.15, -0.1) is 0 Å². The molecule has 0 aromatic heterocycles. The van der Waals surface area contributed by atoms with Gasteiger partial charge in [-0.2, -0.15) is 0 Å². The van der Waals surface area contributed by atoms with Gasteiger partial charge >= 0.3 is 0 Å². The number of hydrogen-bond acceptors (Lipinski definition) is 4. The quantitative estimate of drug-likeness (QED) is 0.746. The van der Waals surface area contributed by atoms with Crippen LogP contribution >= 0.6 is 0 Å². The fourth-order valence-electron chi connectivity index (χ4n) is 2.81. The standard InChI is InChI=1S/C15H17FN4O3/c16-11-3-1-2-4-12(11)19-5-7-20(8-6-19)13(21)9-10-14(22)17-18-15(10)23/h1-4,10H,5-9H2,(H,17,22)(H,18,23). The summed E-state index contributed by atoms with van der Waals surface area (Å²) < 4.78 is 13.8. The second-order valence-corrected chi connectivity index (χ2v) is 5.55. The van der Waals surface area contributed by atoms with Gasteiger partial charge in [0.1, 0.15) is 11.7 Å². The predicted octanol–water partition coefficient (Wildman–Crippen LogP) is -0.358. The highest BCUT2D eigenvalue weighted by Crippen LogP contribution is 2.20. The number of rotatable bonds is 3. The molecule has 0 bridgehead atoms. The van der Waals surface area contributed by atoms with Crippen LogP contribution in [0.2, 0.25) is 0 Å². The smallest absolute Gasteiger partial charge is 0.251 e. The van der Waals surface area contributed by atoms with E-state index in [1.165, 1.54) is 6.07 Å². The number of carbonyl (C=O) groups excluding carboxylic acids is 3. The molecule has 0 saturated carbocycles. The highest BCUT2D eigenvalue weighted by atomic mass is 19.1. The van der Waals surface area contributed by atoms with Gasteiger partial charge in [0.25, 0.3) is 11.8 Å². The van der Waals surface area contributed by atoms with Crippen molar-refractivity contribution in [3.63, 3.8) is 0 Å². The molecule has 0 unspecified atom stereocenters. The van der Waals surface area contributed by atoms with Crippen LogP contribution < -0.4 is 15.8 Å². The molecule has 3 rings (SSSR count). The molecule has 0 radical (unpaired) electrons. The molecule has 2 fully saturated rings. The first-order chi connectivity index (χ1) is 11.1. The SMILES string of the molecule is O=C1NNC(=O)C1CC(=O)N1CCN(c2ccccc2F)CC1. The number of benzene rings is 1. The average Bonchev–Trinajstić information content (AvgIpc) is 2.87. The molecule has 0 aliphatic carbocycles. The van der Waals surface area contributed by atoms with Crippen LogP contribution in [0, 0.1) is 11.7 Å². The lowest BCUT2D eigenvalue weighted by atomic mass is 10.0. The summed E-state index contributed by atoms with van der Waals surface area (Å²) in [6.45, 7) is 1.89. The van der Waals surface area contributed by atoms with E-state index in [0.717, 1.165) is 0 Å². The lowest BCUT2D eigenvalue weighted by Crippen LogP contribution is -2.49. The van der Waals surface area contributed by atoms with Gasteiger partial charge in [-0.05, 0) is 12.1 Å². The van der Waals surface area contributed by atoms with Crippen molar-refractivity contribution >= 4 is 23.4 Å². The van der Waals surface area contributed by atoms with Crippen LogP contribution in [-0.4, -0.2) is 48.8 Å². The molecular formula is C15H17FN4O3. The van der Waals surface area contributed by atoms with Gasteiger partial charge < -0.3 is 9.80 Å². The van der Waals surface area contributed by atoms with E-state index in [2.05, 4.69) is 10.9 Å². The molecule has 0 atom stereocenters. The molecule has 0 spiro atoms. The molecule has 122 valence electrons. The summed E-state index contributed by atoms with van der Waals surface area (Å²) in [5.74, 6) is -2.45. The molecule has 2 saturated heterocycles. The van der Waals surface area contributed by atoms with E-state index in [4.69, 9.17) is 0 Å². The first-order valence-corrected chi connectivity index (χ1v) is 7.43. The van der Waals surface area contributed by atoms with Crippen LogP contribution in [0.25, 0.3) is 0 Å². The minimum atomic E-state index is -0.966. The van der Waals surface area contributed by atoms with Gasteiger partial charge in [-0.3, -0.25) is 25.2 Å². The van der Waals surface area contributed by atoms with Crippen molar-refractivity contribution in [3.8, 4) is 0 Å². The number of hydrogen-bond donors (Lipinski definition) is 2. The largest absolute Gasteiger partial charge is 0.366 e. The van der Waals surface area contributed by atoms with Gasteiger partial charge in [0, 0.05) is 32.6 Å². The number of hydrazine groups is 1. The Morgan fingerprint density at radius 3 is 2.30 bits per heavy atom. The third kappa shape index (κ3) is 3.10. The highest BCUT2D eigenvalue weighted by molar-refractivity contribution is 6.07. The van der Waals surface area contributed by atoms with E-state index >= 15 is 0 Å². The molecule has 3 amide bonds.